The van der Waals surface area contributed by atoms with Crippen molar-refractivity contribution in [3.8, 4) is 0 Å². The maximum Gasteiger partial charge on any atom is 0.420 e. The second kappa shape index (κ2) is 7.55. The summed E-state index contributed by atoms with van der Waals surface area (Å²) in [5.74, 6) is -2.64. The van der Waals surface area contributed by atoms with Gasteiger partial charge in [-0.25, -0.2) is 4.79 Å². The average Bonchev–Trinajstić information content (AvgIpc) is 3.33. The number of hydrogen-bond donors (Lipinski definition) is 2. The number of thiophene rings is 1. The number of nitrogens with zero attached hydrogens (tertiary/aromatic N) is 1. The molecule has 0 fully saturated rings. The van der Waals surface area contributed by atoms with E-state index >= 15 is 0 Å². The third-order valence-corrected chi connectivity index (χ3v) is 5.85. The molecule has 3 aromatic rings. The zero-order valence-corrected chi connectivity index (χ0v) is 16.0. The third kappa shape index (κ3) is 3.66. The summed E-state index contributed by atoms with van der Waals surface area (Å²) < 4.78 is 11.1. The van der Waals surface area contributed by atoms with Gasteiger partial charge in [0.05, 0.1) is 11.1 Å². The van der Waals surface area contributed by atoms with E-state index in [1.807, 2.05) is 0 Å². The number of amides is 2. The van der Waals surface area contributed by atoms with Crippen LogP contribution in [-0.2, 0) is 33.7 Å². The van der Waals surface area contributed by atoms with Gasteiger partial charge in [0, 0.05) is 4.88 Å². The standard InChI is InChI=1S/C19H17N3O6S/c20-17(25)16-10-4-3-7-13(10)29-18(16)21-14(23)9-27-15(24)8-22-11-5-1-2-6-12(11)28-19(22)26/h1-2,5-6H,3-4,7-9H2,(H2,20,25)(H,21,23). The number of oxazole rings is 1. The van der Waals surface area contributed by atoms with E-state index in [9.17, 15) is 19.2 Å². The number of hydrogen-bond acceptors (Lipinski definition) is 7. The van der Waals surface area contributed by atoms with E-state index in [1.165, 1.54) is 11.3 Å². The Hall–Kier alpha value is -3.40. The number of aryl methyl sites for hydroxylation is 1. The first kappa shape index (κ1) is 18.9. The van der Waals surface area contributed by atoms with Crippen LogP contribution in [0.25, 0.3) is 11.1 Å². The van der Waals surface area contributed by atoms with Crippen LogP contribution in [0.3, 0.4) is 0 Å². The van der Waals surface area contributed by atoms with Crippen LogP contribution in [0.5, 0.6) is 0 Å². The molecule has 2 amide bonds. The topological polar surface area (TPSA) is 134 Å². The number of primary amides is 1. The largest absolute Gasteiger partial charge is 0.454 e. The number of fused-ring (bicyclic) bond motifs is 2. The smallest absolute Gasteiger partial charge is 0.420 e. The molecule has 3 N–H and O–H groups in total. The Bertz CT molecular complexity index is 1190. The molecule has 0 unspecified atom stereocenters. The second-order valence-corrected chi connectivity index (χ2v) is 7.66. The molecule has 150 valence electrons. The molecule has 2 aromatic heterocycles. The lowest BCUT2D eigenvalue weighted by molar-refractivity contribution is -0.147. The molecule has 0 bridgehead atoms. The van der Waals surface area contributed by atoms with Crippen molar-refractivity contribution in [2.45, 2.75) is 25.8 Å². The summed E-state index contributed by atoms with van der Waals surface area (Å²) in [6.45, 7) is -0.937. The van der Waals surface area contributed by atoms with E-state index in [0.29, 0.717) is 21.7 Å². The minimum atomic E-state index is -0.766. The van der Waals surface area contributed by atoms with Gasteiger partial charge in [0.1, 0.15) is 11.5 Å². The van der Waals surface area contributed by atoms with Crippen LogP contribution in [0.2, 0.25) is 0 Å². The van der Waals surface area contributed by atoms with Crippen LogP contribution in [0.15, 0.2) is 33.5 Å². The number of carbonyl (C=O) groups excluding carboxylic acids is 3. The maximum absolute atomic E-state index is 12.2. The highest BCUT2D eigenvalue weighted by Gasteiger charge is 2.26. The number of rotatable bonds is 6. The first-order valence-electron chi connectivity index (χ1n) is 8.92. The first-order valence-corrected chi connectivity index (χ1v) is 9.74. The summed E-state index contributed by atoms with van der Waals surface area (Å²) in [7, 11) is 0. The highest BCUT2D eigenvalue weighted by atomic mass is 32.1. The highest BCUT2D eigenvalue weighted by Crippen LogP contribution is 2.38. The highest BCUT2D eigenvalue weighted by molar-refractivity contribution is 7.17. The van der Waals surface area contributed by atoms with Crippen LogP contribution in [0.4, 0.5) is 5.00 Å². The minimum Gasteiger partial charge on any atom is -0.454 e. The Balaban J connectivity index is 1.39. The molecular formula is C19H17N3O6S. The van der Waals surface area contributed by atoms with Crippen molar-refractivity contribution < 1.29 is 23.5 Å². The molecule has 0 atom stereocenters. The van der Waals surface area contributed by atoms with E-state index in [4.69, 9.17) is 14.9 Å². The van der Waals surface area contributed by atoms with Crippen molar-refractivity contribution in [3.63, 3.8) is 0 Å². The van der Waals surface area contributed by atoms with Crippen LogP contribution in [0.1, 0.15) is 27.2 Å². The van der Waals surface area contributed by atoms with E-state index in [2.05, 4.69) is 5.32 Å². The Morgan fingerprint density at radius 2 is 2.03 bits per heavy atom. The molecule has 0 spiro atoms. The lowest BCUT2D eigenvalue weighted by Crippen LogP contribution is -2.26. The van der Waals surface area contributed by atoms with Gasteiger partial charge < -0.3 is 20.2 Å². The van der Waals surface area contributed by atoms with E-state index in [-0.39, 0.29) is 6.54 Å². The normalized spacial score (nSPS) is 12.7. The molecule has 0 radical (unpaired) electrons. The van der Waals surface area contributed by atoms with Gasteiger partial charge in [-0.1, -0.05) is 12.1 Å². The van der Waals surface area contributed by atoms with E-state index in [0.717, 1.165) is 34.3 Å². The fraction of sp³-hybridized carbons (Fsp3) is 0.263. The van der Waals surface area contributed by atoms with Gasteiger partial charge in [0.15, 0.2) is 12.2 Å². The molecule has 1 aromatic carbocycles. The summed E-state index contributed by atoms with van der Waals surface area (Å²) in [6.07, 6.45) is 2.55. The Morgan fingerprint density at radius 1 is 1.24 bits per heavy atom. The van der Waals surface area contributed by atoms with Gasteiger partial charge in [0.2, 0.25) is 0 Å². The number of esters is 1. The quantitative estimate of drug-likeness (QED) is 0.585. The second-order valence-electron chi connectivity index (χ2n) is 6.56. The number of nitrogens with two attached hydrogens (primary N) is 1. The third-order valence-electron chi connectivity index (χ3n) is 4.65. The number of aromatic nitrogens is 1. The summed E-state index contributed by atoms with van der Waals surface area (Å²) >= 11 is 1.32. The number of anilines is 1. The Morgan fingerprint density at radius 3 is 2.83 bits per heavy atom. The van der Waals surface area contributed by atoms with Gasteiger partial charge in [-0.3, -0.25) is 19.0 Å². The van der Waals surface area contributed by atoms with Gasteiger partial charge in [-0.15, -0.1) is 11.3 Å². The van der Waals surface area contributed by atoms with Crippen molar-refractivity contribution in [3.05, 3.63) is 50.8 Å². The number of para-hydroxylation sites is 2. The molecule has 0 saturated heterocycles. The molecule has 1 aliphatic carbocycles. The number of benzene rings is 1. The van der Waals surface area contributed by atoms with Crippen molar-refractivity contribution in [2.75, 3.05) is 11.9 Å². The molecule has 4 rings (SSSR count). The zero-order valence-electron chi connectivity index (χ0n) is 15.2. The zero-order chi connectivity index (χ0) is 20.5. The van der Waals surface area contributed by atoms with Gasteiger partial charge in [-0.05, 0) is 37.0 Å². The summed E-state index contributed by atoms with van der Waals surface area (Å²) in [5, 5.41) is 2.97. The average molecular weight is 415 g/mol. The van der Waals surface area contributed by atoms with Crippen molar-refractivity contribution in [2.24, 2.45) is 5.73 Å². The summed E-state index contributed by atoms with van der Waals surface area (Å²) in [5.41, 5.74) is 7.49. The predicted molar refractivity (Wildman–Crippen MR) is 105 cm³/mol. The molecule has 1 aliphatic rings. The molecule has 0 aliphatic heterocycles. The number of nitrogens with one attached hydrogen (secondary N) is 1. The fourth-order valence-electron chi connectivity index (χ4n) is 3.40. The van der Waals surface area contributed by atoms with Crippen LogP contribution >= 0.6 is 11.3 Å². The van der Waals surface area contributed by atoms with Crippen molar-refractivity contribution in [1.29, 1.82) is 0 Å². The molecular weight excluding hydrogens is 398 g/mol. The first-order chi connectivity index (χ1) is 13.9. The van der Waals surface area contributed by atoms with Crippen LogP contribution in [-0.4, -0.2) is 29.0 Å². The van der Waals surface area contributed by atoms with E-state index < -0.39 is 30.1 Å². The summed E-state index contributed by atoms with van der Waals surface area (Å²) in [6, 6.07) is 6.67. The Labute approximate surface area is 168 Å². The van der Waals surface area contributed by atoms with E-state index in [1.54, 1.807) is 24.3 Å². The maximum atomic E-state index is 12.2. The lowest BCUT2D eigenvalue weighted by atomic mass is 10.1. The Kier molecular flexibility index (Phi) is 4.93. The minimum absolute atomic E-state index is 0.332. The predicted octanol–water partition coefficient (Wildman–Crippen LogP) is 1.43. The molecule has 0 saturated carbocycles. The summed E-state index contributed by atoms with van der Waals surface area (Å²) in [4.78, 5) is 48.9. The molecule has 10 heteroatoms. The lowest BCUT2D eigenvalue weighted by Gasteiger charge is -2.07. The van der Waals surface area contributed by atoms with Crippen molar-refractivity contribution in [1.82, 2.24) is 4.57 Å². The molecule has 9 nitrogen and oxygen atoms in total. The number of ether oxygens (including phenoxy) is 1. The molecule has 2 heterocycles. The van der Waals surface area contributed by atoms with Crippen molar-refractivity contribution >= 4 is 45.2 Å². The van der Waals surface area contributed by atoms with Crippen LogP contribution in [0, 0.1) is 0 Å². The van der Waals surface area contributed by atoms with Gasteiger partial charge in [-0.2, -0.15) is 0 Å². The van der Waals surface area contributed by atoms with Gasteiger partial charge >= 0.3 is 11.7 Å². The monoisotopic (exact) mass is 415 g/mol. The number of carbonyl (C=O) groups is 3. The van der Waals surface area contributed by atoms with Gasteiger partial charge in [0.25, 0.3) is 11.8 Å². The fourth-order valence-corrected chi connectivity index (χ4v) is 4.71. The van der Waals surface area contributed by atoms with Crippen LogP contribution < -0.4 is 16.8 Å². The molecule has 29 heavy (non-hydrogen) atoms. The SMILES string of the molecule is NC(=O)c1c(NC(=O)COC(=O)Cn2c(=O)oc3ccccc32)sc2c1CCC2.